The minimum Gasteiger partial charge on any atom is -0.351 e. The number of aromatic nitrogens is 3. The summed E-state index contributed by atoms with van der Waals surface area (Å²) < 4.78 is 0. The second kappa shape index (κ2) is 9.33. The van der Waals surface area contributed by atoms with E-state index in [-0.39, 0.29) is 0 Å². The number of nitrogens with one attached hydrogen (secondary N) is 1. The van der Waals surface area contributed by atoms with Crippen LogP contribution in [0.1, 0.15) is 107 Å². The molecule has 0 spiro atoms. The summed E-state index contributed by atoms with van der Waals surface area (Å²) in [5.74, 6) is 3.27. The number of nitrogens with zero attached hydrogens (tertiary/aromatic N) is 3. The average Bonchev–Trinajstić information content (AvgIpc) is 2.49. The predicted octanol–water partition coefficient (Wildman–Crippen LogP) is 5.53. The standard InChI is InChI=1S/C20H34N4/c1-16-21-19(17-12-8-4-2-5-9-13-17)24-20(22-16)23-18-14-10-6-3-7-11-15-18/h17-18H,2-15H2,1H3,(H,21,22,23,24). The summed E-state index contributed by atoms with van der Waals surface area (Å²) in [5, 5.41) is 3.63. The molecule has 24 heavy (non-hydrogen) atoms. The lowest BCUT2D eigenvalue weighted by molar-refractivity contribution is 0.440. The molecule has 2 aliphatic rings. The Labute approximate surface area is 147 Å². The molecule has 1 aromatic rings. The predicted molar refractivity (Wildman–Crippen MR) is 99.4 cm³/mol. The number of hydrogen-bond acceptors (Lipinski definition) is 4. The molecular weight excluding hydrogens is 296 g/mol. The fourth-order valence-corrected chi connectivity index (χ4v) is 4.25. The van der Waals surface area contributed by atoms with Gasteiger partial charge in [-0.2, -0.15) is 9.97 Å². The van der Waals surface area contributed by atoms with Gasteiger partial charge in [0.05, 0.1) is 0 Å². The summed E-state index contributed by atoms with van der Waals surface area (Å²) in [6.45, 7) is 2.01. The maximum absolute atomic E-state index is 4.84. The molecule has 0 saturated heterocycles. The van der Waals surface area contributed by atoms with E-state index < -0.39 is 0 Å². The SMILES string of the molecule is Cc1nc(NC2CCCCCCC2)nc(C2CCCCCCC2)n1. The van der Waals surface area contributed by atoms with Crippen LogP contribution in [0.3, 0.4) is 0 Å². The Bertz CT molecular complexity index is 486. The molecule has 0 aliphatic heterocycles. The highest BCUT2D eigenvalue weighted by Crippen LogP contribution is 2.29. The van der Waals surface area contributed by atoms with Crippen LogP contribution in [-0.4, -0.2) is 21.0 Å². The van der Waals surface area contributed by atoms with E-state index in [4.69, 9.17) is 9.97 Å². The van der Waals surface area contributed by atoms with Crippen molar-refractivity contribution in [3.63, 3.8) is 0 Å². The van der Waals surface area contributed by atoms with Gasteiger partial charge < -0.3 is 5.32 Å². The van der Waals surface area contributed by atoms with Crippen molar-refractivity contribution in [1.29, 1.82) is 0 Å². The first-order valence-electron chi connectivity index (χ1n) is 10.3. The largest absolute Gasteiger partial charge is 0.351 e. The molecule has 0 atom stereocenters. The maximum Gasteiger partial charge on any atom is 0.226 e. The van der Waals surface area contributed by atoms with Gasteiger partial charge in [-0.05, 0) is 32.6 Å². The van der Waals surface area contributed by atoms with E-state index in [2.05, 4.69) is 10.3 Å². The van der Waals surface area contributed by atoms with Crippen molar-refractivity contribution >= 4 is 5.95 Å². The minimum absolute atomic E-state index is 0.532. The number of hydrogen-bond donors (Lipinski definition) is 1. The van der Waals surface area contributed by atoms with Crippen molar-refractivity contribution in [2.24, 2.45) is 0 Å². The normalized spacial score (nSPS) is 22.2. The van der Waals surface area contributed by atoms with Crippen molar-refractivity contribution in [1.82, 2.24) is 15.0 Å². The zero-order chi connectivity index (χ0) is 16.6. The van der Waals surface area contributed by atoms with Crippen LogP contribution in [0.5, 0.6) is 0 Å². The van der Waals surface area contributed by atoms with E-state index in [9.17, 15) is 0 Å². The fraction of sp³-hybridized carbons (Fsp3) is 0.850. The summed E-state index contributed by atoms with van der Waals surface area (Å²) in [4.78, 5) is 14.1. The summed E-state index contributed by atoms with van der Waals surface area (Å²) in [6.07, 6.45) is 18.6. The zero-order valence-corrected chi connectivity index (χ0v) is 15.4. The second-order valence-corrected chi connectivity index (χ2v) is 7.79. The topological polar surface area (TPSA) is 50.7 Å². The number of aryl methyl sites for hydroxylation is 1. The van der Waals surface area contributed by atoms with Crippen LogP contribution < -0.4 is 5.32 Å². The zero-order valence-electron chi connectivity index (χ0n) is 15.4. The third kappa shape index (κ3) is 5.42. The molecule has 4 heteroatoms. The average molecular weight is 331 g/mol. The second-order valence-electron chi connectivity index (χ2n) is 7.79. The Hall–Kier alpha value is -1.19. The lowest BCUT2D eigenvalue weighted by Gasteiger charge is -2.22. The van der Waals surface area contributed by atoms with E-state index in [1.807, 2.05) is 6.92 Å². The molecule has 4 nitrogen and oxygen atoms in total. The van der Waals surface area contributed by atoms with E-state index in [1.165, 1.54) is 89.9 Å². The molecule has 2 aliphatic carbocycles. The first-order valence-corrected chi connectivity index (χ1v) is 10.3. The van der Waals surface area contributed by atoms with Crippen molar-refractivity contribution in [3.05, 3.63) is 11.6 Å². The molecule has 134 valence electrons. The van der Waals surface area contributed by atoms with Crippen molar-refractivity contribution < 1.29 is 0 Å². The van der Waals surface area contributed by atoms with Crippen LogP contribution in [0.2, 0.25) is 0 Å². The molecule has 2 fully saturated rings. The molecule has 1 heterocycles. The van der Waals surface area contributed by atoms with Crippen LogP contribution in [0.15, 0.2) is 0 Å². The lowest BCUT2D eigenvalue weighted by Crippen LogP contribution is -2.23. The van der Waals surface area contributed by atoms with Crippen molar-refractivity contribution in [2.75, 3.05) is 5.32 Å². The lowest BCUT2D eigenvalue weighted by atomic mass is 9.90. The van der Waals surface area contributed by atoms with Gasteiger partial charge in [0.25, 0.3) is 0 Å². The van der Waals surface area contributed by atoms with Crippen molar-refractivity contribution in [3.8, 4) is 0 Å². The smallest absolute Gasteiger partial charge is 0.226 e. The van der Waals surface area contributed by atoms with E-state index in [1.54, 1.807) is 0 Å². The van der Waals surface area contributed by atoms with Gasteiger partial charge in [0, 0.05) is 12.0 Å². The van der Waals surface area contributed by atoms with Crippen LogP contribution in [-0.2, 0) is 0 Å². The fourth-order valence-electron chi connectivity index (χ4n) is 4.25. The highest BCUT2D eigenvalue weighted by molar-refractivity contribution is 5.27. The molecule has 0 aromatic carbocycles. The van der Waals surface area contributed by atoms with Gasteiger partial charge in [0.2, 0.25) is 5.95 Å². The van der Waals surface area contributed by atoms with Gasteiger partial charge in [-0.15, -0.1) is 0 Å². The van der Waals surface area contributed by atoms with Gasteiger partial charge in [0.15, 0.2) is 0 Å². The third-order valence-electron chi connectivity index (χ3n) is 5.67. The highest BCUT2D eigenvalue weighted by atomic mass is 15.2. The van der Waals surface area contributed by atoms with E-state index in [0.717, 1.165) is 17.6 Å². The molecule has 0 amide bonds. The maximum atomic E-state index is 4.84. The van der Waals surface area contributed by atoms with Gasteiger partial charge >= 0.3 is 0 Å². The molecule has 1 aromatic heterocycles. The van der Waals surface area contributed by atoms with E-state index >= 15 is 0 Å². The van der Waals surface area contributed by atoms with E-state index in [0.29, 0.717) is 12.0 Å². The number of rotatable bonds is 3. The Balaban J connectivity index is 1.67. The third-order valence-corrected chi connectivity index (χ3v) is 5.67. The van der Waals surface area contributed by atoms with Gasteiger partial charge in [-0.25, -0.2) is 4.98 Å². The molecule has 0 bridgehead atoms. The Morgan fingerprint density at radius 2 is 1.21 bits per heavy atom. The molecule has 0 unspecified atom stereocenters. The van der Waals surface area contributed by atoms with Gasteiger partial charge in [-0.1, -0.05) is 64.2 Å². The first-order chi connectivity index (χ1) is 11.8. The summed E-state index contributed by atoms with van der Waals surface area (Å²) in [7, 11) is 0. The van der Waals surface area contributed by atoms with Crippen LogP contribution in [0, 0.1) is 6.92 Å². The molecular formula is C20H34N4. The molecule has 1 N–H and O–H groups in total. The Morgan fingerprint density at radius 3 is 1.83 bits per heavy atom. The van der Waals surface area contributed by atoms with Crippen LogP contribution in [0.4, 0.5) is 5.95 Å². The minimum atomic E-state index is 0.532. The highest BCUT2D eigenvalue weighted by Gasteiger charge is 2.19. The van der Waals surface area contributed by atoms with Gasteiger partial charge in [0.1, 0.15) is 11.6 Å². The molecule has 2 saturated carbocycles. The number of anilines is 1. The van der Waals surface area contributed by atoms with Gasteiger partial charge in [-0.3, -0.25) is 0 Å². The Morgan fingerprint density at radius 1 is 0.667 bits per heavy atom. The molecule has 0 radical (unpaired) electrons. The molecule has 3 rings (SSSR count). The first kappa shape index (κ1) is 17.6. The summed E-state index contributed by atoms with van der Waals surface area (Å²) in [5.41, 5.74) is 0. The Kier molecular flexibility index (Phi) is 6.86. The quantitative estimate of drug-likeness (QED) is 0.791. The van der Waals surface area contributed by atoms with Crippen LogP contribution >= 0.6 is 0 Å². The van der Waals surface area contributed by atoms with Crippen molar-refractivity contribution in [2.45, 2.75) is 109 Å². The monoisotopic (exact) mass is 330 g/mol. The summed E-state index contributed by atoms with van der Waals surface area (Å²) in [6, 6.07) is 0.539. The van der Waals surface area contributed by atoms with Crippen LogP contribution in [0.25, 0.3) is 0 Å². The summed E-state index contributed by atoms with van der Waals surface area (Å²) >= 11 is 0.